The number of piperazine rings is 1. The number of halogens is 1. The van der Waals surface area contributed by atoms with Crippen molar-refractivity contribution in [2.45, 2.75) is 19.1 Å². The van der Waals surface area contributed by atoms with E-state index in [0.29, 0.717) is 34.6 Å². The lowest BCUT2D eigenvalue weighted by Crippen LogP contribution is -2.48. The Bertz CT molecular complexity index is 1090. The number of hydrogen-bond acceptors (Lipinski definition) is 5. The van der Waals surface area contributed by atoms with E-state index >= 15 is 0 Å². The Labute approximate surface area is 184 Å². The van der Waals surface area contributed by atoms with Crippen LogP contribution < -0.4 is 0 Å². The maximum atomic E-state index is 12.3. The number of aromatic nitrogens is 2. The number of carbonyl (C=O) groups is 2. The van der Waals surface area contributed by atoms with Gasteiger partial charge in [0.15, 0.2) is 0 Å². The summed E-state index contributed by atoms with van der Waals surface area (Å²) in [6.07, 6.45) is 5.17. The van der Waals surface area contributed by atoms with Gasteiger partial charge in [0, 0.05) is 67.3 Å². The van der Waals surface area contributed by atoms with Gasteiger partial charge in [-0.2, -0.15) is 0 Å². The molecule has 2 aromatic heterocycles. The van der Waals surface area contributed by atoms with E-state index in [2.05, 4.69) is 9.88 Å². The molecule has 2 N–H and O–H groups in total. The Morgan fingerprint density at radius 2 is 1.77 bits per heavy atom. The van der Waals surface area contributed by atoms with Gasteiger partial charge in [-0.3, -0.25) is 24.4 Å². The summed E-state index contributed by atoms with van der Waals surface area (Å²) in [4.78, 5) is 31.9. The standard InChI is InChI=1S/C22H23ClN4O4/c23-16-1-2-17-18(13-27(14-20(28)29)19(17)11-16)21(22(30)31)26-9-7-25(8-10-26)12-15-3-5-24-6-4-15/h1-6,11,13,21H,7-10,12,14H2,(H,28,29)(H,30,31)/t21-/m0/s1. The zero-order valence-corrected chi connectivity index (χ0v) is 17.6. The highest BCUT2D eigenvalue weighted by Crippen LogP contribution is 2.33. The van der Waals surface area contributed by atoms with Crippen molar-refractivity contribution in [2.24, 2.45) is 0 Å². The number of benzene rings is 1. The second-order valence-electron chi connectivity index (χ2n) is 7.68. The molecule has 1 aliphatic rings. The number of carboxylic acids is 2. The van der Waals surface area contributed by atoms with Gasteiger partial charge < -0.3 is 14.8 Å². The van der Waals surface area contributed by atoms with Crippen LogP contribution in [0.15, 0.2) is 48.9 Å². The molecule has 1 atom stereocenters. The van der Waals surface area contributed by atoms with E-state index in [1.807, 2.05) is 17.0 Å². The molecule has 0 amide bonds. The Morgan fingerprint density at radius 3 is 2.42 bits per heavy atom. The van der Waals surface area contributed by atoms with Crippen molar-refractivity contribution in [3.8, 4) is 0 Å². The lowest BCUT2D eigenvalue weighted by Gasteiger charge is -2.37. The van der Waals surface area contributed by atoms with Gasteiger partial charge in [0.1, 0.15) is 12.6 Å². The molecule has 0 bridgehead atoms. The van der Waals surface area contributed by atoms with E-state index in [0.717, 1.165) is 19.6 Å². The summed E-state index contributed by atoms with van der Waals surface area (Å²) < 4.78 is 1.55. The van der Waals surface area contributed by atoms with Crippen molar-refractivity contribution in [1.29, 1.82) is 0 Å². The van der Waals surface area contributed by atoms with Crippen LogP contribution in [0.1, 0.15) is 17.2 Å². The third kappa shape index (κ3) is 4.71. The second kappa shape index (κ2) is 9.05. The Kier molecular flexibility index (Phi) is 6.22. The zero-order valence-electron chi connectivity index (χ0n) is 16.8. The molecule has 1 saturated heterocycles. The first-order valence-electron chi connectivity index (χ1n) is 10.0. The Balaban J connectivity index is 1.58. The van der Waals surface area contributed by atoms with Gasteiger partial charge in [-0.05, 0) is 29.8 Å². The van der Waals surface area contributed by atoms with Crippen LogP contribution in [0.2, 0.25) is 5.02 Å². The van der Waals surface area contributed by atoms with E-state index in [9.17, 15) is 19.8 Å². The molecule has 3 heterocycles. The first kappa shape index (κ1) is 21.3. The van der Waals surface area contributed by atoms with Crippen LogP contribution in [-0.4, -0.2) is 67.7 Å². The molecule has 1 fully saturated rings. The molecule has 0 radical (unpaired) electrons. The Hall–Kier alpha value is -2.94. The van der Waals surface area contributed by atoms with Gasteiger partial charge in [0.05, 0.1) is 5.52 Å². The summed E-state index contributed by atoms with van der Waals surface area (Å²) in [5.41, 5.74) is 2.38. The monoisotopic (exact) mass is 442 g/mol. The van der Waals surface area contributed by atoms with Crippen LogP contribution in [0, 0.1) is 0 Å². The summed E-state index contributed by atoms with van der Waals surface area (Å²) in [6, 6.07) is 8.24. The van der Waals surface area contributed by atoms with Gasteiger partial charge in [0.25, 0.3) is 0 Å². The summed E-state index contributed by atoms with van der Waals surface area (Å²) in [7, 11) is 0. The number of pyridine rings is 1. The molecule has 3 aromatic rings. The molecule has 0 unspecified atom stereocenters. The molecule has 0 saturated carbocycles. The fourth-order valence-electron chi connectivity index (χ4n) is 4.20. The minimum atomic E-state index is -1.000. The average Bonchev–Trinajstić information content (AvgIpc) is 3.06. The first-order valence-corrected chi connectivity index (χ1v) is 10.4. The number of nitrogens with zero attached hydrogens (tertiary/aromatic N) is 4. The van der Waals surface area contributed by atoms with Gasteiger partial charge in [-0.15, -0.1) is 0 Å². The van der Waals surface area contributed by atoms with Crippen LogP contribution in [0.25, 0.3) is 10.9 Å². The zero-order chi connectivity index (χ0) is 22.0. The van der Waals surface area contributed by atoms with Crippen LogP contribution in [0.3, 0.4) is 0 Å². The molecular formula is C22H23ClN4O4. The van der Waals surface area contributed by atoms with Crippen LogP contribution in [-0.2, 0) is 22.7 Å². The van der Waals surface area contributed by atoms with Crippen molar-refractivity contribution in [2.75, 3.05) is 26.2 Å². The van der Waals surface area contributed by atoms with Crippen LogP contribution in [0.4, 0.5) is 0 Å². The third-order valence-electron chi connectivity index (χ3n) is 5.64. The van der Waals surface area contributed by atoms with E-state index in [1.54, 1.807) is 41.4 Å². The topological polar surface area (TPSA) is 98.9 Å². The van der Waals surface area contributed by atoms with E-state index in [-0.39, 0.29) is 6.54 Å². The number of rotatable bonds is 7. The summed E-state index contributed by atoms with van der Waals surface area (Å²) in [6.45, 7) is 3.22. The summed E-state index contributed by atoms with van der Waals surface area (Å²) >= 11 is 6.11. The van der Waals surface area contributed by atoms with Crippen molar-refractivity contribution < 1.29 is 19.8 Å². The van der Waals surface area contributed by atoms with Gasteiger partial charge in [-0.1, -0.05) is 17.7 Å². The SMILES string of the molecule is O=C(O)Cn1cc([C@@H](C(=O)O)N2CCN(Cc3ccncc3)CC2)c2ccc(Cl)cc21. The maximum Gasteiger partial charge on any atom is 0.325 e. The lowest BCUT2D eigenvalue weighted by atomic mass is 10.0. The normalized spacial score (nSPS) is 16.4. The molecule has 1 aromatic carbocycles. The van der Waals surface area contributed by atoms with Crippen LogP contribution >= 0.6 is 11.6 Å². The van der Waals surface area contributed by atoms with Crippen molar-refractivity contribution in [3.63, 3.8) is 0 Å². The van der Waals surface area contributed by atoms with Crippen LogP contribution in [0.5, 0.6) is 0 Å². The lowest BCUT2D eigenvalue weighted by molar-refractivity contribution is -0.144. The highest BCUT2D eigenvalue weighted by atomic mass is 35.5. The largest absolute Gasteiger partial charge is 0.480 e. The number of carboxylic acid groups (broad SMARTS) is 2. The van der Waals surface area contributed by atoms with Crippen molar-refractivity contribution in [1.82, 2.24) is 19.4 Å². The third-order valence-corrected chi connectivity index (χ3v) is 5.87. The van der Waals surface area contributed by atoms with E-state index in [4.69, 9.17) is 11.6 Å². The Morgan fingerprint density at radius 1 is 1.06 bits per heavy atom. The second-order valence-corrected chi connectivity index (χ2v) is 8.11. The molecule has 9 heteroatoms. The van der Waals surface area contributed by atoms with E-state index < -0.39 is 18.0 Å². The van der Waals surface area contributed by atoms with Gasteiger partial charge >= 0.3 is 11.9 Å². The fourth-order valence-corrected chi connectivity index (χ4v) is 4.37. The average molecular weight is 443 g/mol. The number of fused-ring (bicyclic) bond motifs is 1. The molecule has 1 aliphatic heterocycles. The number of hydrogen-bond donors (Lipinski definition) is 2. The molecule has 0 spiro atoms. The highest BCUT2D eigenvalue weighted by molar-refractivity contribution is 6.31. The first-order chi connectivity index (χ1) is 14.9. The smallest absolute Gasteiger partial charge is 0.325 e. The van der Waals surface area contributed by atoms with Gasteiger partial charge in [-0.25, -0.2) is 0 Å². The van der Waals surface area contributed by atoms with Crippen molar-refractivity contribution >= 4 is 34.4 Å². The minimum Gasteiger partial charge on any atom is -0.480 e. The quantitative estimate of drug-likeness (QED) is 0.580. The molecule has 8 nitrogen and oxygen atoms in total. The van der Waals surface area contributed by atoms with Crippen molar-refractivity contribution in [3.05, 3.63) is 65.1 Å². The molecule has 4 rings (SSSR count). The highest BCUT2D eigenvalue weighted by Gasteiger charge is 2.33. The van der Waals surface area contributed by atoms with Gasteiger partial charge in [0.2, 0.25) is 0 Å². The predicted molar refractivity (Wildman–Crippen MR) is 116 cm³/mol. The fraction of sp³-hybridized carbons (Fsp3) is 0.318. The maximum absolute atomic E-state index is 12.3. The number of aliphatic carboxylic acids is 2. The summed E-state index contributed by atoms with van der Waals surface area (Å²) in [5.74, 6) is -1.95. The van der Waals surface area contributed by atoms with E-state index in [1.165, 1.54) is 5.56 Å². The predicted octanol–water partition coefficient (Wildman–Crippen LogP) is 2.72. The molecule has 0 aliphatic carbocycles. The minimum absolute atomic E-state index is 0.261. The summed E-state index contributed by atoms with van der Waals surface area (Å²) in [5, 5.41) is 20.5. The molecular weight excluding hydrogens is 420 g/mol. The molecule has 162 valence electrons. The molecule has 31 heavy (non-hydrogen) atoms.